The van der Waals surface area contributed by atoms with Gasteiger partial charge in [0.25, 0.3) is 0 Å². The highest BCUT2D eigenvalue weighted by Gasteiger charge is 2.40. The summed E-state index contributed by atoms with van der Waals surface area (Å²) in [6.45, 7) is 0.506. The molecule has 1 saturated heterocycles. The molecule has 2 aromatic heterocycles. The molecule has 33 heavy (non-hydrogen) atoms. The van der Waals surface area contributed by atoms with Gasteiger partial charge >= 0.3 is 0 Å². The van der Waals surface area contributed by atoms with Gasteiger partial charge in [-0.1, -0.05) is 42.5 Å². The third kappa shape index (κ3) is 4.64. The molecule has 1 fully saturated rings. The van der Waals surface area contributed by atoms with Gasteiger partial charge in [-0.2, -0.15) is 0 Å². The minimum Gasteiger partial charge on any atom is -0.352 e. The highest BCUT2D eigenvalue weighted by molar-refractivity contribution is 9.10. The molecule has 0 aliphatic carbocycles. The Hall–Kier alpha value is -2.81. The molecule has 2 N–H and O–H groups in total. The molecular formula is C25H21BrN4OS2. The molecule has 1 aliphatic rings. The van der Waals surface area contributed by atoms with Crippen LogP contribution >= 0.6 is 39.5 Å². The topological polar surface area (TPSA) is 57.3 Å². The minimum atomic E-state index is -0.0784. The molecule has 5 rings (SSSR count). The molecule has 0 unspecified atom stereocenters. The third-order valence-electron chi connectivity index (χ3n) is 5.72. The molecule has 0 bridgehead atoms. The number of rotatable bonds is 6. The first kappa shape index (κ1) is 22.0. The summed E-state index contributed by atoms with van der Waals surface area (Å²) in [6, 6.07) is 21.9. The fourth-order valence-electron chi connectivity index (χ4n) is 4.21. The highest BCUT2D eigenvalue weighted by Crippen LogP contribution is 2.41. The van der Waals surface area contributed by atoms with Crippen molar-refractivity contribution in [3.05, 3.63) is 93.4 Å². The molecule has 1 aliphatic heterocycles. The second-order valence-electron chi connectivity index (χ2n) is 7.81. The number of nitrogens with one attached hydrogen (secondary N) is 2. The predicted octanol–water partition coefficient (Wildman–Crippen LogP) is 6.06. The summed E-state index contributed by atoms with van der Waals surface area (Å²) in [5.74, 6) is -0.0402. The average Bonchev–Trinajstić information content (AvgIpc) is 3.41. The van der Waals surface area contributed by atoms with Crippen molar-refractivity contribution in [2.24, 2.45) is 0 Å². The van der Waals surface area contributed by atoms with Crippen LogP contribution in [0.15, 0.2) is 82.8 Å². The molecule has 0 spiro atoms. The lowest BCUT2D eigenvalue weighted by molar-refractivity contribution is -0.116. The molecule has 8 heteroatoms. The second kappa shape index (κ2) is 9.59. The van der Waals surface area contributed by atoms with Gasteiger partial charge < -0.3 is 15.5 Å². The number of carbonyl (C=O) groups is 1. The smallest absolute Gasteiger partial charge is 0.226 e. The van der Waals surface area contributed by atoms with Crippen molar-refractivity contribution in [3.8, 4) is 0 Å². The Balaban J connectivity index is 1.35. The van der Waals surface area contributed by atoms with Crippen LogP contribution in [0.3, 0.4) is 0 Å². The first-order valence-electron chi connectivity index (χ1n) is 10.6. The van der Waals surface area contributed by atoms with Crippen LogP contribution in [0, 0.1) is 0 Å². The summed E-state index contributed by atoms with van der Waals surface area (Å²) in [4.78, 5) is 20.7. The zero-order chi connectivity index (χ0) is 22.8. The van der Waals surface area contributed by atoms with Gasteiger partial charge in [-0.05, 0) is 57.8 Å². The van der Waals surface area contributed by atoms with E-state index in [1.54, 1.807) is 17.5 Å². The van der Waals surface area contributed by atoms with Crippen molar-refractivity contribution in [1.82, 2.24) is 15.2 Å². The fourth-order valence-corrected chi connectivity index (χ4v) is 6.13. The Morgan fingerprint density at radius 1 is 1.15 bits per heavy atom. The average molecular weight is 538 g/mol. The molecule has 0 radical (unpaired) electrons. The monoisotopic (exact) mass is 536 g/mol. The van der Waals surface area contributed by atoms with Crippen molar-refractivity contribution < 1.29 is 4.79 Å². The SMILES string of the molecule is O=C(CCN1C(=S)N[C@@H](c2ccccn2)[C@H]1c1cc(Br)cs1)Nc1cccc2ccccc12. The summed E-state index contributed by atoms with van der Waals surface area (Å²) in [5.41, 5.74) is 1.75. The Bertz CT molecular complexity index is 1300. The predicted molar refractivity (Wildman–Crippen MR) is 141 cm³/mol. The van der Waals surface area contributed by atoms with E-state index in [0.717, 1.165) is 26.6 Å². The van der Waals surface area contributed by atoms with Crippen LogP contribution in [0.2, 0.25) is 0 Å². The Kier molecular flexibility index (Phi) is 6.39. The first-order chi connectivity index (χ1) is 16.1. The van der Waals surface area contributed by atoms with Gasteiger partial charge in [0.2, 0.25) is 5.91 Å². The van der Waals surface area contributed by atoms with E-state index >= 15 is 0 Å². The Labute approximate surface area is 210 Å². The quantitative estimate of drug-likeness (QED) is 0.293. The van der Waals surface area contributed by atoms with E-state index in [2.05, 4.69) is 47.9 Å². The molecule has 1 amide bonds. The zero-order valence-corrected chi connectivity index (χ0v) is 20.8. The van der Waals surface area contributed by atoms with E-state index in [0.29, 0.717) is 18.1 Å². The van der Waals surface area contributed by atoms with Crippen LogP contribution in [-0.4, -0.2) is 27.4 Å². The number of benzene rings is 2. The summed E-state index contributed by atoms with van der Waals surface area (Å²) >= 11 is 10.9. The molecule has 166 valence electrons. The number of amides is 1. The molecule has 2 atom stereocenters. The van der Waals surface area contributed by atoms with Gasteiger partial charge in [0, 0.05) is 45.0 Å². The number of hydrogen-bond donors (Lipinski definition) is 2. The number of aromatic nitrogens is 1. The number of carbonyl (C=O) groups excluding carboxylic acids is 1. The number of fused-ring (bicyclic) bond motifs is 1. The second-order valence-corrected chi connectivity index (χ2v) is 10.1. The van der Waals surface area contributed by atoms with Crippen LogP contribution in [0.1, 0.15) is 29.1 Å². The van der Waals surface area contributed by atoms with Crippen molar-refractivity contribution >= 4 is 67.0 Å². The van der Waals surface area contributed by atoms with Crippen molar-refractivity contribution in [3.63, 3.8) is 0 Å². The van der Waals surface area contributed by atoms with Crippen LogP contribution < -0.4 is 10.6 Å². The van der Waals surface area contributed by atoms with Gasteiger partial charge in [0.15, 0.2) is 5.11 Å². The maximum Gasteiger partial charge on any atom is 0.226 e. The molecule has 2 aromatic carbocycles. The number of nitrogens with zero attached hydrogens (tertiary/aromatic N) is 2. The van der Waals surface area contributed by atoms with Gasteiger partial charge in [0.1, 0.15) is 0 Å². The number of pyridine rings is 1. The molecular weight excluding hydrogens is 516 g/mol. The largest absolute Gasteiger partial charge is 0.352 e. The summed E-state index contributed by atoms with van der Waals surface area (Å²) in [6.07, 6.45) is 2.12. The lowest BCUT2D eigenvalue weighted by Gasteiger charge is -2.26. The number of thiophene rings is 1. The Morgan fingerprint density at radius 2 is 1.97 bits per heavy atom. The number of anilines is 1. The standard InChI is InChI=1S/C25H21BrN4OS2/c26-17-14-21(33-15-17)24-23(20-9-3-4-12-27-20)29-25(32)30(24)13-11-22(31)28-19-10-5-7-16-6-1-2-8-18(16)19/h1-10,12,14-15,23-24H,11,13H2,(H,28,31)(H,29,32)/t23-,24+/m0/s1. The highest BCUT2D eigenvalue weighted by atomic mass is 79.9. The minimum absolute atomic E-state index is 0.0333. The fraction of sp³-hybridized carbons (Fsp3) is 0.160. The maximum absolute atomic E-state index is 12.9. The third-order valence-corrected chi connectivity index (χ3v) is 7.84. The number of hydrogen-bond acceptors (Lipinski definition) is 4. The molecule has 3 heterocycles. The number of halogens is 1. The molecule has 5 nitrogen and oxygen atoms in total. The number of thiocarbonyl (C=S) groups is 1. The zero-order valence-electron chi connectivity index (χ0n) is 17.6. The van der Waals surface area contributed by atoms with Crippen LogP contribution in [0.25, 0.3) is 10.8 Å². The molecule has 0 saturated carbocycles. The van der Waals surface area contributed by atoms with E-state index in [9.17, 15) is 4.79 Å². The van der Waals surface area contributed by atoms with Crippen molar-refractivity contribution in [2.45, 2.75) is 18.5 Å². The Morgan fingerprint density at radius 3 is 2.76 bits per heavy atom. The normalized spacial score (nSPS) is 17.8. The summed E-state index contributed by atoms with van der Waals surface area (Å²) in [7, 11) is 0. The first-order valence-corrected chi connectivity index (χ1v) is 12.7. The van der Waals surface area contributed by atoms with Gasteiger partial charge in [0.05, 0.1) is 17.8 Å². The van der Waals surface area contributed by atoms with Gasteiger partial charge in [-0.3, -0.25) is 9.78 Å². The van der Waals surface area contributed by atoms with Crippen LogP contribution in [0.4, 0.5) is 5.69 Å². The van der Waals surface area contributed by atoms with Crippen molar-refractivity contribution in [2.75, 3.05) is 11.9 Å². The lowest BCUT2D eigenvalue weighted by Crippen LogP contribution is -2.32. The summed E-state index contributed by atoms with van der Waals surface area (Å²) in [5, 5.41) is 11.3. The van der Waals surface area contributed by atoms with Gasteiger partial charge in [-0.15, -0.1) is 11.3 Å². The van der Waals surface area contributed by atoms with E-state index in [-0.39, 0.29) is 18.0 Å². The van der Waals surface area contributed by atoms with E-state index in [1.807, 2.05) is 60.7 Å². The van der Waals surface area contributed by atoms with Crippen molar-refractivity contribution in [1.29, 1.82) is 0 Å². The van der Waals surface area contributed by atoms with Crippen LogP contribution in [0.5, 0.6) is 0 Å². The van der Waals surface area contributed by atoms with E-state index in [1.165, 1.54) is 4.88 Å². The summed E-state index contributed by atoms with van der Waals surface area (Å²) < 4.78 is 1.04. The van der Waals surface area contributed by atoms with E-state index < -0.39 is 0 Å². The molecule has 4 aromatic rings. The van der Waals surface area contributed by atoms with E-state index in [4.69, 9.17) is 12.2 Å². The van der Waals surface area contributed by atoms with Gasteiger partial charge in [-0.25, -0.2) is 0 Å². The lowest BCUT2D eigenvalue weighted by atomic mass is 10.0. The van der Waals surface area contributed by atoms with Crippen LogP contribution in [-0.2, 0) is 4.79 Å². The maximum atomic E-state index is 12.9.